The molecule has 0 aliphatic heterocycles. The number of anilines is 1. The molecule has 2 aromatic rings. The molecule has 0 saturated heterocycles. The van der Waals surface area contributed by atoms with Gasteiger partial charge in [0.2, 0.25) is 0 Å². The van der Waals surface area contributed by atoms with Crippen LogP contribution in [0.15, 0.2) is 36.4 Å². The topological polar surface area (TPSA) is 33.5 Å². The highest BCUT2D eigenvalue weighted by Crippen LogP contribution is 2.22. The maximum Gasteiger partial charge on any atom is 0.282 e. The monoisotopic (exact) mass is 353 g/mol. The van der Waals surface area contributed by atoms with Crippen LogP contribution in [0, 0.1) is 20.8 Å². The summed E-state index contributed by atoms with van der Waals surface area (Å²) < 4.78 is 0. The van der Waals surface area contributed by atoms with E-state index >= 15 is 0 Å². The highest BCUT2D eigenvalue weighted by molar-refractivity contribution is 5.95. The first-order chi connectivity index (χ1) is 12.2. The molecule has 0 aromatic heterocycles. The number of carbonyl (C=O) groups excluding carboxylic acids is 1. The van der Waals surface area contributed by atoms with Crippen molar-refractivity contribution in [1.29, 1.82) is 0 Å². The molecule has 0 saturated carbocycles. The second-order valence-corrected chi connectivity index (χ2v) is 7.90. The van der Waals surface area contributed by atoms with Gasteiger partial charge in [0.15, 0.2) is 6.04 Å². The van der Waals surface area contributed by atoms with Crippen LogP contribution < -0.4 is 10.2 Å². The number of nitrogens with one attached hydrogen (secondary N) is 2. The van der Waals surface area contributed by atoms with Crippen LogP contribution in [0.3, 0.4) is 0 Å². The van der Waals surface area contributed by atoms with Gasteiger partial charge in [-0.1, -0.05) is 55.8 Å². The van der Waals surface area contributed by atoms with Gasteiger partial charge in [0.25, 0.3) is 5.91 Å². The van der Waals surface area contributed by atoms with Gasteiger partial charge in [0, 0.05) is 11.3 Å². The average Bonchev–Trinajstić information content (AvgIpc) is 2.57. The molecule has 2 rings (SSSR count). The van der Waals surface area contributed by atoms with Gasteiger partial charge >= 0.3 is 0 Å². The highest BCUT2D eigenvalue weighted by Gasteiger charge is 2.23. The number of hydrogen-bond donors (Lipinski definition) is 2. The van der Waals surface area contributed by atoms with Crippen molar-refractivity contribution in [2.24, 2.45) is 0 Å². The molecule has 1 amide bonds. The minimum Gasteiger partial charge on any atom is -0.324 e. The van der Waals surface area contributed by atoms with E-state index in [1.807, 2.05) is 20.8 Å². The molecule has 0 aliphatic carbocycles. The van der Waals surface area contributed by atoms with E-state index < -0.39 is 0 Å². The zero-order valence-corrected chi connectivity index (χ0v) is 17.2. The number of amides is 1. The quantitative estimate of drug-likeness (QED) is 0.814. The Morgan fingerprint density at radius 1 is 1.00 bits per heavy atom. The van der Waals surface area contributed by atoms with E-state index in [1.165, 1.54) is 21.6 Å². The Kier molecular flexibility index (Phi) is 6.60. The van der Waals surface area contributed by atoms with Crippen LogP contribution in [-0.2, 0) is 11.3 Å². The summed E-state index contributed by atoms with van der Waals surface area (Å²) in [5.41, 5.74) is 7.01. The number of carbonyl (C=O) groups is 1. The summed E-state index contributed by atoms with van der Waals surface area (Å²) in [6, 6.07) is 12.8. The molecular weight excluding hydrogens is 320 g/mol. The van der Waals surface area contributed by atoms with E-state index in [4.69, 9.17) is 0 Å². The number of aryl methyl sites for hydroxylation is 3. The predicted octanol–water partition coefficient (Wildman–Crippen LogP) is 3.78. The van der Waals surface area contributed by atoms with Gasteiger partial charge in [0.05, 0.1) is 7.05 Å². The molecule has 0 aliphatic rings. The summed E-state index contributed by atoms with van der Waals surface area (Å²) in [5, 5.41) is 3.14. The lowest BCUT2D eigenvalue weighted by atomic mass is 10.0. The van der Waals surface area contributed by atoms with Crippen LogP contribution in [0.2, 0.25) is 0 Å². The Morgan fingerprint density at radius 3 is 2.04 bits per heavy atom. The molecular formula is C23H33N2O+. The van der Waals surface area contributed by atoms with Gasteiger partial charge in [-0.15, -0.1) is 0 Å². The minimum atomic E-state index is -0.125. The van der Waals surface area contributed by atoms with Crippen LogP contribution in [0.4, 0.5) is 5.69 Å². The summed E-state index contributed by atoms with van der Waals surface area (Å²) in [5.74, 6) is 0.608. The predicted molar refractivity (Wildman–Crippen MR) is 110 cm³/mol. The minimum absolute atomic E-state index is 0.0661. The van der Waals surface area contributed by atoms with Crippen molar-refractivity contribution in [3.8, 4) is 0 Å². The Balaban J connectivity index is 2.03. The highest BCUT2D eigenvalue weighted by atomic mass is 16.2. The summed E-state index contributed by atoms with van der Waals surface area (Å²) in [6.07, 6.45) is 0. The molecule has 2 aromatic carbocycles. The fourth-order valence-electron chi connectivity index (χ4n) is 3.33. The van der Waals surface area contributed by atoms with Crippen molar-refractivity contribution < 1.29 is 9.69 Å². The molecule has 0 bridgehead atoms. The average molecular weight is 354 g/mol. The first kappa shape index (κ1) is 20.2. The Hall–Kier alpha value is -2.13. The number of likely N-dealkylation sites (N-methyl/N-ethyl adjacent to an activating group) is 1. The van der Waals surface area contributed by atoms with Crippen molar-refractivity contribution in [1.82, 2.24) is 0 Å². The van der Waals surface area contributed by atoms with Crippen molar-refractivity contribution in [2.75, 3.05) is 12.4 Å². The van der Waals surface area contributed by atoms with Crippen LogP contribution in [0.5, 0.6) is 0 Å². The van der Waals surface area contributed by atoms with E-state index in [0.717, 1.165) is 23.4 Å². The third-order valence-electron chi connectivity index (χ3n) is 5.19. The van der Waals surface area contributed by atoms with Crippen LogP contribution in [0.1, 0.15) is 54.5 Å². The first-order valence-electron chi connectivity index (χ1n) is 9.49. The molecule has 0 spiro atoms. The standard InChI is InChI=1S/C23H32N2O/c1-15(2)21-10-8-20(9-11-21)14-25(7)19(6)23(26)24-22-17(4)12-16(3)13-18(22)5/h8-13,15,19H,14H2,1-7H3,(H,24,26)/p+1/t19-/m1/s1. The van der Waals surface area contributed by atoms with Gasteiger partial charge in [-0.2, -0.15) is 0 Å². The van der Waals surface area contributed by atoms with Crippen LogP contribution in [0.25, 0.3) is 0 Å². The van der Waals surface area contributed by atoms with E-state index in [-0.39, 0.29) is 11.9 Å². The van der Waals surface area contributed by atoms with Crippen molar-refractivity contribution >= 4 is 11.6 Å². The second kappa shape index (κ2) is 8.50. The lowest BCUT2D eigenvalue weighted by Crippen LogP contribution is -3.12. The fraction of sp³-hybridized carbons (Fsp3) is 0.435. The van der Waals surface area contributed by atoms with Gasteiger partial charge in [-0.25, -0.2) is 0 Å². The number of rotatable bonds is 6. The molecule has 3 heteroatoms. The molecule has 0 heterocycles. The number of hydrogen-bond acceptors (Lipinski definition) is 1. The maximum atomic E-state index is 12.7. The van der Waals surface area contributed by atoms with E-state index in [9.17, 15) is 4.79 Å². The van der Waals surface area contributed by atoms with Gasteiger partial charge in [-0.05, 0) is 50.3 Å². The molecule has 0 radical (unpaired) electrons. The SMILES string of the molecule is Cc1cc(C)c(NC(=O)[C@@H](C)[NH+](C)Cc2ccc(C(C)C)cc2)c(C)c1. The second-order valence-electron chi connectivity index (χ2n) is 7.90. The number of quaternary nitrogens is 1. The smallest absolute Gasteiger partial charge is 0.282 e. The summed E-state index contributed by atoms with van der Waals surface area (Å²) in [6.45, 7) is 13.4. The van der Waals surface area contributed by atoms with Crippen molar-refractivity contribution in [2.45, 2.75) is 60.0 Å². The largest absolute Gasteiger partial charge is 0.324 e. The normalized spacial score (nSPS) is 13.5. The van der Waals surface area contributed by atoms with Crippen molar-refractivity contribution in [3.63, 3.8) is 0 Å². The zero-order valence-electron chi connectivity index (χ0n) is 17.2. The lowest BCUT2D eigenvalue weighted by molar-refractivity contribution is -0.907. The zero-order chi connectivity index (χ0) is 19.4. The van der Waals surface area contributed by atoms with Crippen molar-refractivity contribution in [3.05, 3.63) is 64.2 Å². The maximum absolute atomic E-state index is 12.7. The van der Waals surface area contributed by atoms with E-state index in [2.05, 4.69) is 69.5 Å². The third-order valence-corrected chi connectivity index (χ3v) is 5.19. The van der Waals surface area contributed by atoms with Crippen LogP contribution in [-0.4, -0.2) is 19.0 Å². The third kappa shape index (κ3) is 4.95. The first-order valence-corrected chi connectivity index (χ1v) is 9.49. The molecule has 140 valence electrons. The van der Waals surface area contributed by atoms with E-state index in [0.29, 0.717) is 5.92 Å². The summed E-state index contributed by atoms with van der Waals surface area (Å²) in [4.78, 5) is 13.9. The number of benzene rings is 2. The Morgan fingerprint density at radius 2 is 1.54 bits per heavy atom. The molecule has 2 N–H and O–H groups in total. The van der Waals surface area contributed by atoms with Gasteiger partial charge < -0.3 is 10.2 Å². The molecule has 3 nitrogen and oxygen atoms in total. The van der Waals surface area contributed by atoms with E-state index in [1.54, 1.807) is 0 Å². The Bertz CT molecular complexity index is 739. The molecule has 1 unspecified atom stereocenters. The molecule has 0 fully saturated rings. The lowest BCUT2D eigenvalue weighted by Gasteiger charge is -2.22. The Labute approximate surface area is 158 Å². The van der Waals surface area contributed by atoms with Gasteiger partial charge in [-0.3, -0.25) is 4.79 Å². The van der Waals surface area contributed by atoms with Crippen LogP contribution >= 0.6 is 0 Å². The summed E-state index contributed by atoms with van der Waals surface area (Å²) in [7, 11) is 2.08. The molecule has 2 atom stereocenters. The van der Waals surface area contributed by atoms with Gasteiger partial charge in [0.1, 0.15) is 6.54 Å². The fourth-order valence-corrected chi connectivity index (χ4v) is 3.33. The molecule has 26 heavy (non-hydrogen) atoms. The summed E-state index contributed by atoms with van der Waals surface area (Å²) >= 11 is 0.